The van der Waals surface area contributed by atoms with Crippen LogP contribution in [-0.4, -0.2) is 47.2 Å². The molecule has 0 heterocycles. The number of benzene rings is 1. The van der Waals surface area contributed by atoms with Crippen molar-refractivity contribution >= 4 is 35.2 Å². The summed E-state index contributed by atoms with van der Waals surface area (Å²) in [4.78, 5) is 24.9. The number of hydrogen-bond donors (Lipinski definition) is 3. The third-order valence-electron chi connectivity index (χ3n) is 4.50. The molecule has 1 saturated carbocycles. The second-order valence-electron chi connectivity index (χ2n) is 6.29. The van der Waals surface area contributed by atoms with Crippen LogP contribution in [0.1, 0.15) is 38.3 Å². The highest BCUT2D eigenvalue weighted by Gasteiger charge is 2.34. The lowest BCUT2D eigenvalue weighted by atomic mass is 9.85. The molecule has 0 radical (unpaired) electrons. The number of likely N-dealkylation sites (N-methyl/N-ethyl adjacent to an activating group) is 1. The predicted octanol–water partition coefficient (Wildman–Crippen LogP) is 3.29. The monoisotopic (exact) mass is 387 g/mol. The minimum Gasteiger partial charge on any atom is -0.480 e. The topological polar surface area (TPSA) is 81.7 Å². The van der Waals surface area contributed by atoms with Gasteiger partial charge in [0.05, 0.1) is 22.6 Å². The number of nitrogens with one attached hydrogen (secondary N) is 2. The maximum Gasteiger partial charge on any atom is 0.317 e. The Balaban J connectivity index is 1.78. The van der Waals surface area contributed by atoms with Gasteiger partial charge in [0.2, 0.25) is 0 Å². The first-order valence-electron chi connectivity index (χ1n) is 8.28. The van der Waals surface area contributed by atoms with Crippen molar-refractivity contribution in [2.45, 2.75) is 44.8 Å². The third kappa shape index (κ3) is 5.49. The fourth-order valence-corrected chi connectivity index (χ4v) is 3.27. The van der Waals surface area contributed by atoms with Gasteiger partial charge in [0.1, 0.15) is 0 Å². The van der Waals surface area contributed by atoms with Crippen LogP contribution in [0.5, 0.6) is 0 Å². The summed E-state index contributed by atoms with van der Waals surface area (Å²) in [6.45, 7) is 4.53. The van der Waals surface area contributed by atoms with Crippen molar-refractivity contribution in [2.24, 2.45) is 0 Å². The van der Waals surface area contributed by atoms with Crippen LogP contribution in [-0.2, 0) is 4.79 Å². The van der Waals surface area contributed by atoms with Gasteiger partial charge in [-0.15, -0.1) is 0 Å². The summed E-state index contributed by atoms with van der Waals surface area (Å²) in [5, 5.41) is 15.6. The van der Waals surface area contributed by atoms with Gasteiger partial charge in [0.25, 0.3) is 0 Å². The van der Waals surface area contributed by atoms with Gasteiger partial charge in [-0.25, -0.2) is 4.79 Å². The van der Waals surface area contributed by atoms with Crippen molar-refractivity contribution in [3.05, 3.63) is 33.8 Å². The number of urea groups is 1. The zero-order valence-electron chi connectivity index (χ0n) is 14.3. The van der Waals surface area contributed by atoms with Gasteiger partial charge in [-0.3, -0.25) is 9.69 Å². The third-order valence-corrected chi connectivity index (χ3v) is 5.24. The molecular weight excluding hydrogens is 365 g/mol. The number of rotatable bonds is 7. The highest BCUT2D eigenvalue weighted by atomic mass is 35.5. The minimum atomic E-state index is -0.827. The van der Waals surface area contributed by atoms with E-state index in [1.54, 1.807) is 12.1 Å². The van der Waals surface area contributed by atoms with E-state index in [4.69, 9.17) is 28.3 Å². The first-order chi connectivity index (χ1) is 11.8. The minimum absolute atomic E-state index is 0.0362. The van der Waals surface area contributed by atoms with Crippen LogP contribution in [0.4, 0.5) is 4.79 Å². The maximum absolute atomic E-state index is 12.1. The molecule has 0 aromatic heterocycles. The van der Waals surface area contributed by atoms with E-state index in [-0.39, 0.29) is 30.7 Å². The molecule has 0 bridgehead atoms. The zero-order chi connectivity index (χ0) is 18.6. The van der Waals surface area contributed by atoms with Crippen LogP contribution < -0.4 is 10.6 Å². The van der Waals surface area contributed by atoms with Crippen LogP contribution in [0.25, 0.3) is 0 Å². The molecule has 1 aliphatic rings. The molecule has 3 N–H and O–H groups in total. The van der Waals surface area contributed by atoms with Gasteiger partial charge in [-0.1, -0.05) is 36.2 Å². The van der Waals surface area contributed by atoms with Gasteiger partial charge in [-0.2, -0.15) is 0 Å². The van der Waals surface area contributed by atoms with E-state index in [0.29, 0.717) is 16.6 Å². The fraction of sp³-hybridized carbons (Fsp3) is 0.529. The number of aliphatic carboxylic acids is 1. The number of nitrogens with zero attached hydrogens (tertiary/aromatic N) is 1. The molecule has 0 saturated heterocycles. The number of halogens is 2. The SMILES string of the molecule is CCN(CC(=O)O)C1CC(NC(=O)NC(C)c2ccc(Cl)c(Cl)c2)C1. The molecule has 1 aromatic carbocycles. The zero-order valence-corrected chi connectivity index (χ0v) is 15.8. The number of carboxylic acid groups (broad SMARTS) is 1. The lowest BCUT2D eigenvalue weighted by molar-refractivity contribution is -0.139. The van der Waals surface area contributed by atoms with Gasteiger partial charge in [-0.05, 0) is 44.0 Å². The molecule has 25 heavy (non-hydrogen) atoms. The number of carbonyl (C=O) groups is 2. The van der Waals surface area contributed by atoms with Crippen molar-refractivity contribution in [1.82, 2.24) is 15.5 Å². The second-order valence-corrected chi connectivity index (χ2v) is 7.11. The molecule has 1 unspecified atom stereocenters. The molecule has 0 aliphatic heterocycles. The molecule has 0 spiro atoms. The van der Waals surface area contributed by atoms with Gasteiger partial charge in [0.15, 0.2) is 0 Å². The van der Waals surface area contributed by atoms with E-state index >= 15 is 0 Å². The summed E-state index contributed by atoms with van der Waals surface area (Å²) in [5.41, 5.74) is 0.870. The Labute approximate surface area is 157 Å². The molecule has 6 nitrogen and oxygen atoms in total. The Morgan fingerprint density at radius 2 is 2.00 bits per heavy atom. The number of carboxylic acids is 1. The smallest absolute Gasteiger partial charge is 0.317 e. The average Bonchev–Trinajstić information content (AvgIpc) is 2.50. The predicted molar refractivity (Wildman–Crippen MR) is 98.2 cm³/mol. The van der Waals surface area contributed by atoms with Crippen molar-refractivity contribution in [2.75, 3.05) is 13.1 Å². The summed E-state index contributed by atoms with van der Waals surface area (Å²) in [7, 11) is 0. The molecule has 138 valence electrons. The summed E-state index contributed by atoms with van der Waals surface area (Å²) in [6, 6.07) is 5.08. The van der Waals surface area contributed by atoms with Crippen molar-refractivity contribution < 1.29 is 14.7 Å². The fourth-order valence-electron chi connectivity index (χ4n) is 2.97. The number of carbonyl (C=O) groups excluding carboxylic acids is 1. The highest BCUT2D eigenvalue weighted by molar-refractivity contribution is 6.42. The Morgan fingerprint density at radius 3 is 2.56 bits per heavy atom. The molecule has 2 rings (SSSR count). The van der Waals surface area contributed by atoms with E-state index < -0.39 is 5.97 Å². The normalized spacial score (nSPS) is 20.7. The van der Waals surface area contributed by atoms with Crippen molar-refractivity contribution in [3.63, 3.8) is 0 Å². The van der Waals surface area contributed by atoms with Crippen molar-refractivity contribution in [3.8, 4) is 0 Å². The first kappa shape index (κ1) is 19.8. The molecule has 1 aliphatic carbocycles. The molecule has 8 heteroatoms. The van der Waals surface area contributed by atoms with Gasteiger partial charge in [0, 0.05) is 12.1 Å². The molecule has 1 atom stereocenters. The molecule has 1 fully saturated rings. The molecular formula is C17H23Cl2N3O3. The van der Waals surface area contributed by atoms with E-state index in [1.807, 2.05) is 24.8 Å². The van der Waals surface area contributed by atoms with E-state index in [2.05, 4.69) is 10.6 Å². The Hall–Kier alpha value is -1.50. The Morgan fingerprint density at radius 1 is 1.32 bits per heavy atom. The summed E-state index contributed by atoms with van der Waals surface area (Å²) in [5.74, 6) is -0.827. The summed E-state index contributed by atoms with van der Waals surface area (Å²) in [6.07, 6.45) is 1.52. The summed E-state index contributed by atoms with van der Waals surface area (Å²) >= 11 is 11.9. The molecule has 2 amide bonds. The van der Waals surface area contributed by atoms with Gasteiger partial charge < -0.3 is 15.7 Å². The number of hydrogen-bond acceptors (Lipinski definition) is 3. The van der Waals surface area contributed by atoms with Gasteiger partial charge >= 0.3 is 12.0 Å². The first-order valence-corrected chi connectivity index (χ1v) is 9.03. The maximum atomic E-state index is 12.1. The highest BCUT2D eigenvalue weighted by Crippen LogP contribution is 2.27. The van der Waals surface area contributed by atoms with Crippen LogP contribution in [0.3, 0.4) is 0 Å². The van der Waals surface area contributed by atoms with Crippen LogP contribution in [0.15, 0.2) is 18.2 Å². The quantitative estimate of drug-likeness (QED) is 0.670. The lowest BCUT2D eigenvalue weighted by Crippen LogP contribution is -2.56. The summed E-state index contributed by atoms with van der Waals surface area (Å²) < 4.78 is 0. The average molecular weight is 388 g/mol. The Bertz CT molecular complexity index is 636. The second kappa shape index (κ2) is 8.74. The van der Waals surface area contributed by atoms with Crippen molar-refractivity contribution in [1.29, 1.82) is 0 Å². The largest absolute Gasteiger partial charge is 0.480 e. The van der Waals surface area contributed by atoms with Crippen LogP contribution >= 0.6 is 23.2 Å². The van der Waals surface area contributed by atoms with Crippen LogP contribution in [0.2, 0.25) is 10.0 Å². The number of amides is 2. The van der Waals surface area contributed by atoms with E-state index in [0.717, 1.165) is 18.4 Å². The Kier molecular flexibility index (Phi) is 6.93. The van der Waals surface area contributed by atoms with E-state index in [1.165, 1.54) is 0 Å². The standard InChI is InChI=1S/C17H23Cl2N3O3/c1-3-22(9-16(23)24)13-7-12(8-13)21-17(25)20-10(2)11-4-5-14(18)15(19)6-11/h4-6,10,12-13H,3,7-9H2,1-2H3,(H,23,24)(H2,20,21,25). The van der Waals surface area contributed by atoms with Crippen LogP contribution in [0, 0.1) is 0 Å². The van der Waals surface area contributed by atoms with E-state index in [9.17, 15) is 9.59 Å². The molecule has 1 aromatic rings. The lowest BCUT2D eigenvalue weighted by Gasteiger charge is -2.42.